The van der Waals surface area contributed by atoms with Crippen molar-refractivity contribution < 1.29 is 24.2 Å². The Kier molecular flexibility index (Phi) is 6.44. The first-order valence-corrected chi connectivity index (χ1v) is 9.17. The average Bonchev–Trinajstić information content (AvgIpc) is 2.72. The van der Waals surface area contributed by atoms with Gasteiger partial charge >= 0.3 is 5.97 Å². The number of ether oxygens (including phenoxy) is 1. The summed E-state index contributed by atoms with van der Waals surface area (Å²) in [6.07, 6.45) is 0. The van der Waals surface area contributed by atoms with Crippen LogP contribution in [0.1, 0.15) is 33.2 Å². The van der Waals surface area contributed by atoms with Gasteiger partial charge in [0.05, 0.1) is 0 Å². The van der Waals surface area contributed by atoms with Crippen molar-refractivity contribution in [3.63, 3.8) is 0 Å². The second kappa shape index (κ2) is 9.38. The maximum atomic E-state index is 12.5. The largest absolute Gasteiger partial charge is 0.508 e. The molecule has 0 saturated carbocycles. The van der Waals surface area contributed by atoms with Crippen LogP contribution in [0.25, 0.3) is 0 Å². The molecule has 7 heteroatoms. The number of para-hydroxylation sites is 1. The van der Waals surface area contributed by atoms with E-state index in [4.69, 9.17) is 4.74 Å². The molecule has 7 nitrogen and oxygen atoms in total. The third-order valence-corrected chi connectivity index (χ3v) is 4.17. The van der Waals surface area contributed by atoms with Gasteiger partial charge in [-0.25, -0.2) is 0 Å². The lowest BCUT2D eigenvalue weighted by atomic mass is 10.1. The molecule has 0 aliphatic heterocycles. The van der Waals surface area contributed by atoms with Crippen LogP contribution in [0, 0.1) is 0 Å². The van der Waals surface area contributed by atoms with Gasteiger partial charge < -0.3 is 20.5 Å². The van der Waals surface area contributed by atoms with Crippen LogP contribution in [-0.2, 0) is 11.3 Å². The second-order valence-corrected chi connectivity index (χ2v) is 6.47. The summed E-state index contributed by atoms with van der Waals surface area (Å²) in [4.78, 5) is 36.0. The van der Waals surface area contributed by atoms with Crippen LogP contribution in [-0.4, -0.2) is 22.9 Å². The molecule has 3 N–H and O–H groups in total. The molecule has 30 heavy (non-hydrogen) atoms. The zero-order chi connectivity index (χ0) is 21.5. The van der Waals surface area contributed by atoms with Gasteiger partial charge in [-0.15, -0.1) is 0 Å². The Labute approximate surface area is 173 Å². The van der Waals surface area contributed by atoms with Gasteiger partial charge in [0.15, 0.2) is 0 Å². The van der Waals surface area contributed by atoms with Crippen molar-refractivity contribution in [2.24, 2.45) is 0 Å². The molecule has 0 unspecified atom stereocenters. The highest BCUT2D eigenvalue weighted by molar-refractivity contribution is 6.05. The first kappa shape index (κ1) is 20.6. The van der Waals surface area contributed by atoms with Crippen molar-refractivity contribution in [1.82, 2.24) is 5.32 Å². The number of rotatable bonds is 6. The summed E-state index contributed by atoms with van der Waals surface area (Å²) < 4.78 is 5.00. The monoisotopic (exact) mass is 404 g/mol. The number of amides is 2. The van der Waals surface area contributed by atoms with Gasteiger partial charge in [-0.3, -0.25) is 14.4 Å². The van der Waals surface area contributed by atoms with Crippen LogP contribution < -0.4 is 15.4 Å². The molecule has 3 aromatic rings. The Morgan fingerprint density at radius 1 is 0.867 bits per heavy atom. The van der Waals surface area contributed by atoms with Gasteiger partial charge in [0.2, 0.25) is 0 Å². The summed E-state index contributed by atoms with van der Waals surface area (Å²) in [6, 6.07) is 19.4. The highest BCUT2D eigenvalue weighted by Crippen LogP contribution is 2.19. The van der Waals surface area contributed by atoms with E-state index >= 15 is 0 Å². The molecule has 3 rings (SSSR count). The molecule has 0 aliphatic carbocycles. The number of carbonyl (C=O) groups is 3. The van der Waals surface area contributed by atoms with Crippen molar-refractivity contribution in [2.45, 2.75) is 13.5 Å². The highest BCUT2D eigenvalue weighted by Gasteiger charge is 2.12. The fourth-order valence-electron chi connectivity index (χ4n) is 2.78. The molecule has 3 aromatic carbocycles. The lowest BCUT2D eigenvalue weighted by Gasteiger charge is -2.12. The van der Waals surface area contributed by atoms with Crippen molar-refractivity contribution >= 4 is 23.5 Å². The summed E-state index contributed by atoms with van der Waals surface area (Å²) in [5.41, 5.74) is 1.90. The van der Waals surface area contributed by atoms with Crippen molar-refractivity contribution in [1.29, 1.82) is 0 Å². The zero-order valence-corrected chi connectivity index (χ0v) is 16.2. The standard InChI is InChI=1S/C23H20N2O5/c1-15(26)30-20-10-5-8-17(13-20)22(28)24-14-18-6-2-3-11-21(18)25-23(29)16-7-4-9-19(27)12-16/h2-13,27H,14H2,1H3,(H,24,28)(H,25,29). The van der Waals surface area contributed by atoms with Crippen LogP contribution in [0.3, 0.4) is 0 Å². The fourth-order valence-corrected chi connectivity index (χ4v) is 2.78. The smallest absolute Gasteiger partial charge is 0.308 e. The Morgan fingerprint density at radius 3 is 2.30 bits per heavy atom. The van der Waals surface area contributed by atoms with E-state index in [0.29, 0.717) is 22.4 Å². The summed E-state index contributed by atoms with van der Waals surface area (Å²) in [5, 5.41) is 15.1. The molecule has 0 saturated heterocycles. The second-order valence-electron chi connectivity index (χ2n) is 6.47. The molecule has 0 bridgehead atoms. The predicted octanol–water partition coefficient (Wildman–Crippen LogP) is 3.50. The number of phenols is 1. The van der Waals surface area contributed by atoms with Gasteiger partial charge in [0.1, 0.15) is 11.5 Å². The van der Waals surface area contributed by atoms with Crippen LogP contribution in [0.2, 0.25) is 0 Å². The van der Waals surface area contributed by atoms with Gasteiger partial charge in [0, 0.05) is 30.3 Å². The van der Waals surface area contributed by atoms with Crippen molar-refractivity contribution in [3.05, 3.63) is 89.5 Å². The third-order valence-electron chi connectivity index (χ3n) is 4.17. The molecule has 2 amide bonds. The zero-order valence-electron chi connectivity index (χ0n) is 16.2. The average molecular weight is 404 g/mol. The molecule has 152 valence electrons. The van der Waals surface area contributed by atoms with Gasteiger partial charge in [-0.05, 0) is 48.0 Å². The Hall–Kier alpha value is -4.13. The van der Waals surface area contributed by atoms with Gasteiger partial charge in [0.25, 0.3) is 11.8 Å². The quantitative estimate of drug-likeness (QED) is 0.431. The Morgan fingerprint density at radius 2 is 1.57 bits per heavy atom. The summed E-state index contributed by atoms with van der Waals surface area (Å²) >= 11 is 0. The van der Waals surface area contributed by atoms with E-state index in [1.165, 1.54) is 25.1 Å². The summed E-state index contributed by atoms with van der Waals surface area (Å²) in [7, 11) is 0. The lowest BCUT2D eigenvalue weighted by Crippen LogP contribution is -2.24. The third kappa shape index (κ3) is 5.45. The molecular weight excluding hydrogens is 384 g/mol. The molecule has 0 radical (unpaired) electrons. The number of phenolic OH excluding ortho intramolecular Hbond substituents is 1. The van der Waals surface area contributed by atoms with Crippen LogP contribution in [0.15, 0.2) is 72.8 Å². The number of esters is 1. The maximum absolute atomic E-state index is 12.5. The van der Waals surface area contributed by atoms with Gasteiger partial charge in [-0.1, -0.05) is 30.3 Å². The normalized spacial score (nSPS) is 10.2. The van der Waals surface area contributed by atoms with E-state index < -0.39 is 5.97 Å². The molecule has 0 aliphatic rings. The number of anilines is 1. The molecule has 0 fully saturated rings. The van der Waals surface area contributed by atoms with E-state index in [0.717, 1.165) is 0 Å². The molecule has 0 atom stereocenters. The van der Waals surface area contributed by atoms with Crippen molar-refractivity contribution in [2.75, 3.05) is 5.32 Å². The predicted molar refractivity (Wildman–Crippen MR) is 111 cm³/mol. The number of benzene rings is 3. The minimum atomic E-state index is -0.469. The SMILES string of the molecule is CC(=O)Oc1cccc(C(=O)NCc2ccccc2NC(=O)c2cccc(O)c2)c1. The molecule has 0 aromatic heterocycles. The van der Waals surface area contributed by atoms with Crippen LogP contribution >= 0.6 is 0 Å². The van der Waals surface area contributed by atoms with E-state index in [1.807, 2.05) is 0 Å². The number of aromatic hydroxyl groups is 1. The minimum Gasteiger partial charge on any atom is -0.508 e. The fraction of sp³-hybridized carbons (Fsp3) is 0.0870. The molecule has 0 heterocycles. The van der Waals surface area contributed by atoms with E-state index in [-0.39, 0.29) is 29.9 Å². The molecular formula is C23H20N2O5. The van der Waals surface area contributed by atoms with E-state index in [1.54, 1.807) is 54.6 Å². The number of nitrogens with one attached hydrogen (secondary N) is 2. The topological polar surface area (TPSA) is 105 Å². The Bertz CT molecular complexity index is 1090. The number of hydrogen-bond donors (Lipinski definition) is 3. The van der Waals surface area contributed by atoms with Crippen LogP contribution in [0.4, 0.5) is 5.69 Å². The first-order valence-electron chi connectivity index (χ1n) is 9.17. The highest BCUT2D eigenvalue weighted by atomic mass is 16.5. The minimum absolute atomic E-state index is 0.000758. The van der Waals surface area contributed by atoms with E-state index in [9.17, 15) is 19.5 Å². The van der Waals surface area contributed by atoms with Gasteiger partial charge in [-0.2, -0.15) is 0 Å². The lowest BCUT2D eigenvalue weighted by molar-refractivity contribution is -0.131. The first-order chi connectivity index (χ1) is 14.4. The van der Waals surface area contributed by atoms with Crippen LogP contribution in [0.5, 0.6) is 11.5 Å². The van der Waals surface area contributed by atoms with Crippen molar-refractivity contribution in [3.8, 4) is 11.5 Å². The number of hydrogen-bond acceptors (Lipinski definition) is 5. The maximum Gasteiger partial charge on any atom is 0.308 e. The molecule has 0 spiro atoms. The summed E-state index contributed by atoms with van der Waals surface area (Å²) in [5.74, 6) is -0.908. The summed E-state index contributed by atoms with van der Waals surface area (Å²) in [6.45, 7) is 1.46. The number of carbonyl (C=O) groups excluding carboxylic acids is 3. The Balaban J connectivity index is 1.68. The van der Waals surface area contributed by atoms with E-state index in [2.05, 4.69) is 10.6 Å².